The molecule has 0 aliphatic carbocycles. The van der Waals surface area contributed by atoms with Gasteiger partial charge in [-0.1, -0.05) is 18.2 Å². The SMILES string of the molecule is CC(C(N)c1ccccc1OC(F)(F)F)S(C)(=O)=O. The number of sulfone groups is 1. The number of nitrogens with two attached hydrogens (primary N) is 1. The molecule has 0 radical (unpaired) electrons. The minimum absolute atomic E-state index is 0.00208. The summed E-state index contributed by atoms with van der Waals surface area (Å²) >= 11 is 0. The van der Waals surface area contributed by atoms with Gasteiger partial charge in [0.15, 0.2) is 9.84 Å². The highest BCUT2D eigenvalue weighted by molar-refractivity contribution is 7.91. The summed E-state index contributed by atoms with van der Waals surface area (Å²) in [5.41, 5.74) is 5.72. The quantitative estimate of drug-likeness (QED) is 0.923. The van der Waals surface area contributed by atoms with Gasteiger partial charge in [-0.25, -0.2) is 8.42 Å². The summed E-state index contributed by atoms with van der Waals surface area (Å²) in [6.45, 7) is 1.34. The van der Waals surface area contributed by atoms with Gasteiger partial charge < -0.3 is 10.5 Å². The molecule has 8 heteroatoms. The predicted octanol–water partition coefficient (Wildman–Crippen LogP) is 2.02. The summed E-state index contributed by atoms with van der Waals surface area (Å²) in [6, 6.07) is 4.12. The number of ether oxygens (including phenoxy) is 1. The molecule has 108 valence electrons. The zero-order valence-electron chi connectivity index (χ0n) is 10.3. The molecule has 0 aliphatic rings. The van der Waals surface area contributed by atoms with Crippen LogP contribution in [0.1, 0.15) is 18.5 Å². The van der Waals surface area contributed by atoms with E-state index in [0.29, 0.717) is 0 Å². The molecule has 0 bridgehead atoms. The van der Waals surface area contributed by atoms with E-state index >= 15 is 0 Å². The average molecular weight is 297 g/mol. The second-order valence-corrected chi connectivity index (χ2v) is 6.55. The normalized spacial score (nSPS) is 15.9. The Kier molecular flexibility index (Phi) is 4.46. The van der Waals surface area contributed by atoms with Crippen molar-refractivity contribution in [1.29, 1.82) is 0 Å². The van der Waals surface area contributed by atoms with Crippen LogP contribution in [0.4, 0.5) is 13.2 Å². The molecule has 0 heterocycles. The molecule has 0 fully saturated rings. The summed E-state index contributed by atoms with van der Waals surface area (Å²) in [6.07, 6.45) is -3.88. The van der Waals surface area contributed by atoms with E-state index in [1.54, 1.807) is 0 Å². The standard InChI is InChI=1S/C11H14F3NO3S/c1-7(19(2,16)17)10(15)8-5-3-4-6-9(8)18-11(12,13)14/h3-7,10H,15H2,1-2H3. The van der Waals surface area contributed by atoms with Crippen LogP contribution in [0.3, 0.4) is 0 Å². The Bertz CT molecular complexity index is 542. The Hall–Kier alpha value is -1.28. The molecule has 0 aromatic heterocycles. The van der Waals surface area contributed by atoms with Gasteiger partial charge in [-0.3, -0.25) is 0 Å². The van der Waals surface area contributed by atoms with Crippen molar-refractivity contribution in [3.8, 4) is 5.75 Å². The lowest BCUT2D eigenvalue weighted by atomic mass is 10.0. The number of para-hydroxylation sites is 1. The zero-order chi connectivity index (χ0) is 14.8. The van der Waals surface area contributed by atoms with Crippen LogP contribution < -0.4 is 10.5 Å². The van der Waals surface area contributed by atoms with E-state index in [9.17, 15) is 21.6 Å². The second-order valence-electron chi connectivity index (χ2n) is 4.15. The van der Waals surface area contributed by atoms with Crippen LogP contribution in [-0.4, -0.2) is 26.3 Å². The number of hydrogen-bond acceptors (Lipinski definition) is 4. The molecule has 0 amide bonds. The van der Waals surface area contributed by atoms with Crippen LogP contribution in [0.2, 0.25) is 0 Å². The van der Waals surface area contributed by atoms with E-state index in [1.165, 1.54) is 25.1 Å². The van der Waals surface area contributed by atoms with Gasteiger partial charge >= 0.3 is 6.36 Å². The molecule has 0 spiro atoms. The molecule has 2 atom stereocenters. The summed E-state index contributed by atoms with van der Waals surface area (Å²) in [5.74, 6) is -0.488. The maximum absolute atomic E-state index is 12.2. The molecular weight excluding hydrogens is 283 g/mol. The topological polar surface area (TPSA) is 69.4 Å². The van der Waals surface area contributed by atoms with Gasteiger partial charge in [0.05, 0.1) is 5.25 Å². The first-order valence-corrected chi connectivity index (χ1v) is 7.27. The second kappa shape index (κ2) is 5.38. The zero-order valence-corrected chi connectivity index (χ0v) is 11.1. The first-order chi connectivity index (χ1) is 8.52. The molecule has 19 heavy (non-hydrogen) atoms. The van der Waals surface area contributed by atoms with Crippen molar-refractivity contribution in [2.45, 2.75) is 24.6 Å². The molecule has 2 unspecified atom stereocenters. The van der Waals surface area contributed by atoms with Gasteiger partial charge in [-0.15, -0.1) is 13.2 Å². The highest BCUT2D eigenvalue weighted by Gasteiger charge is 2.34. The molecule has 0 aliphatic heterocycles. The number of hydrogen-bond donors (Lipinski definition) is 1. The monoisotopic (exact) mass is 297 g/mol. The third-order valence-electron chi connectivity index (χ3n) is 2.68. The van der Waals surface area contributed by atoms with Crippen molar-refractivity contribution < 1.29 is 26.3 Å². The molecule has 4 nitrogen and oxygen atoms in total. The first kappa shape index (κ1) is 15.8. The van der Waals surface area contributed by atoms with Crippen molar-refractivity contribution in [2.75, 3.05) is 6.26 Å². The van der Waals surface area contributed by atoms with Gasteiger partial charge in [0.25, 0.3) is 0 Å². The fourth-order valence-corrected chi connectivity index (χ4v) is 2.17. The van der Waals surface area contributed by atoms with E-state index in [4.69, 9.17) is 5.73 Å². The number of halogens is 3. The fourth-order valence-electron chi connectivity index (χ4n) is 1.49. The predicted molar refractivity (Wildman–Crippen MR) is 64.4 cm³/mol. The highest BCUT2D eigenvalue weighted by Crippen LogP contribution is 2.31. The lowest BCUT2D eigenvalue weighted by Crippen LogP contribution is -2.31. The van der Waals surface area contributed by atoms with Crippen LogP contribution >= 0.6 is 0 Å². The first-order valence-electron chi connectivity index (χ1n) is 5.31. The van der Waals surface area contributed by atoms with Crippen molar-refractivity contribution in [3.05, 3.63) is 29.8 Å². The lowest BCUT2D eigenvalue weighted by Gasteiger charge is -2.21. The fraction of sp³-hybridized carbons (Fsp3) is 0.455. The number of rotatable bonds is 4. The molecule has 0 saturated carbocycles. The van der Waals surface area contributed by atoms with Gasteiger partial charge in [0, 0.05) is 17.9 Å². The Labute approximate surface area is 109 Å². The Morgan fingerprint density at radius 2 is 1.79 bits per heavy atom. The van der Waals surface area contributed by atoms with Crippen LogP contribution in [0.15, 0.2) is 24.3 Å². The number of benzene rings is 1. The molecule has 2 N–H and O–H groups in total. The number of alkyl halides is 3. The molecular formula is C11H14F3NO3S. The van der Waals surface area contributed by atoms with Gasteiger partial charge in [-0.2, -0.15) is 0 Å². The Morgan fingerprint density at radius 3 is 2.26 bits per heavy atom. The van der Waals surface area contributed by atoms with Crippen molar-refractivity contribution in [1.82, 2.24) is 0 Å². The largest absolute Gasteiger partial charge is 0.573 e. The van der Waals surface area contributed by atoms with E-state index in [-0.39, 0.29) is 5.56 Å². The Balaban J connectivity index is 3.14. The Morgan fingerprint density at radius 1 is 1.26 bits per heavy atom. The van der Waals surface area contributed by atoms with Crippen LogP contribution in [0.5, 0.6) is 5.75 Å². The molecule has 0 saturated heterocycles. The van der Waals surface area contributed by atoms with Crippen LogP contribution in [0, 0.1) is 0 Å². The van der Waals surface area contributed by atoms with E-state index < -0.39 is 33.2 Å². The third-order valence-corrected chi connectivity index (χ3v) is 4.33. The van der Waals surface area contributed by atoms with E-state index in [0.717, 1.165) is 12.3 Å². The summed E-state index contributed by atoms with van der Waals surface area (Å²) in [7, 11) is -3.47. The summed E-state index contributed by atoms with van der Waals surface area (Å²) in [4.78, 5) is 0. The minimum Gasteiger partial charge on any atom is -0.405 e. The van der Waals surface area contributed by atoms with E-state index in [2.05, 4.69) is 4.74 Å². The minimum atomic E-state index is -4.86. The van der Waals surface area contributed by atoms with Crippen molar-refractivity contribution in [2.24, 2.45) is 5.73 Å². The maximum atomic E-state index is 12.2. The lowest BCUT2D eigenvalue weighted by molar-refractivity contribution is -0.275. The molecule has 1 aromatic rings. The van der Waals surface area contributed by atoms with E-state index in [1.807, 2.05) is 0 Å². The smallest absolute Gasteiger partial charge is 0.405 e. The average Bonchev–Trinajstić information content (AvgIpc) is 2.24. The van der Waals surface area contributed by atoms with Gasteiger partial charge in [0.1, 0.15) is 5.75 Å². The van der Waals surface area contributed by atoms with Gasteiger partial charge in [0.2, 0.25) is 0 Å². The van der Waals surface area contributed by atoms with Crippen LogP contribution in [0.25, 0.3) is 0 Å². The highest BCUT2D eigenvalue weighted by atomic mass is 32.2. The van der Waals surface area contributed by atoms with Crippen LogP contribution in [-0.2, 0) is 9.84 Å². The molecule has 1 rings (SSSR count). The molecule has 1 aromatic carbocycles. The summed E-state index contributed by atoms with van der Waals surface area (Å²) in [5, 5.41) is -1.02. The third kappa shape index (κ3) is 4.39. The summed E-state index contributed by atoms with van der Waals surface area (Å²) < 4.78 is 63.4. The van der Waals surface area contributed by atoms with Gasteiger partial charge in [-0.05, 0) is 13.0 Å². The van der Waals surface area contributed by atoms with Crippen molar-refractivity contribution in [3.63, 3.8) is 0 Å². The maximum Gasteiger partial charge on any atom is 0.573 e. The van der Waals surface area contributed by atoms with Crippen molar-refractivity contribution >= 4 is 9.84 Å².